The Hall–Kier alpha value is -1.54. The fourth-order valence-corrected chi connectivity index (χ4v) is 1.56. The molecule has 5 heteroatoms. The Kier molecular flexibility index (Phi) is 5.17. The fourth-order valence-electron chi connectivity index (χ4n) is 1.56. The van der Waals surface area contributed by atoms with Gasteiger partial charge in [0.2, 0.25) is 0 Å². The van der Waals surface area contributed by atoms with Crippen molar-refractivity contribution in [3.05, 3.63) is 29.6 Å². The predicted octanol–water partition coefficient (Wildman–Crippen LogP) is 3.16. The molecule has 0 radical (unpaired) electrons. The molecule has 0 aromatic carbocycles. The molecule has 18 heavy (non-hydrogen) atoms. The minimum absolute atomic E-state index is 0.0758. The summed E-state index contributed by atoms with van der Waals surface area (Å²) < 4.78 is 37.1. The molecule has 0 bridgehead atoms. The first kappa shape index (κ1) is 14.5. The van der Waals surface area contributed by atoms with E-state index in [0.29, 0.717) is 12.1 Å². The van der Waals surface area contributed by atoms with Crippen molar-refractivity contribution in [1.29, 1.82) is 0 Å². The SMILES string of the molecule is CC#CCCC(NC)c1ccc(C(F)(F)F)cn1. The molecule has 1 unspecified atom stereocenters. The van der Waals surface area contributed by atoms with Crippen LogP contribution in [0.4, 0.5) is 13.2 Å². The Bertz CT molecular complexity index is 426. The minimum atomic E-state index is -4.34. The number of halogens is 3. The molecule has 1 aromatic heterocycles. The molecule has 0 spiro atoms. The Labute approximate surface area is 105 Å². The standard InChI is InChI=1S/C13H15F3N2/c1-3-4-5-6-11(17-2)12-8-7-10(9-18-12)13(14,15)16/h7-9,11,17H,5-6H2,1-2H3. The first-order chi connectivity index (χ1) is 8.49. The molecule has 1 aromatic rings. The maximum atomic E-state index is 12.4. The maximum Gasteiger partial charge on any atom is 0.417 e. The van der Waals surface area contributed by atoms with Crippen LogP contribution in [-0.4, -0.2) is 12.0 Å². The molecule has 0 fully saturated rings. The van der Waals surface area contributed by atoms with Crippen molar-refractivity contribution in [3.8, 4) is 11.8 Å². The topological polar surface area (TPSA) is 24.9 Å². The van der Waals surface area contributed by atoms with Crippen LogP contribution in [0.2, 0.25) is 0 Å². The van der Waals surface area contributed by atoms with Crippen molar-refractivity contribution < 1.29 is 13.2 Å². The summed E-state index contributed by atoms with van der Waals surface area (Å²) in [4.78, 5) is 3.86. The van der Waals surface area contributed by atoms with E-state index >= 15 is 0 Å². The van der Waals surface area contributed by atoms with Crippen molar-refractivity contribution in [2.24, 2.45) is 0 Å². The van der Waals surface area contributed by atoms with Crippen molar-refractivity contribution in [1.82, 2.24) is 10.3 Å². The summed E-state index contributed by atoms with van der Waals surface area (Å²) in [7, 11) is 1.75. The summed E-state index contributed by atoms with van der Waals surface area (Å²) in [5.41, 5.74) is -0.127. The molecule has 0 saturated carbocycles. The van der Waals surface area contributed by atoms with E-state index in [2.05, 4.69) is 22.1 Å². The third-order valence-electron chi connectivity index (χ3n) is 2.55. The van der Waals surface area contributed by atoms with E-state index in [0.717, 1.165) is 18.7 Å². The molecule has 0 saturated heterocycles. The molecule has 2 nitrogen and oxygen atoms in total. The van der Waals surface area contributed by atoms with Gasteiger partial charge in [-0.2, -0.15) is 13.2 Å². The normalized spacial score (nSPS) is 12.7. The van der Waals surface area contributed by atoms with Gasteiger partial charge in [0.25, 0.3) is 0 Å². The third-order valence-corrected chi connectivity index (χ3v) is 2.55. The van der Waals surface area contributed by atoms with E-state index in [1.54, 1.807) is 14.0 Å². The number of aromatic nitrogens is 1. The molecule has 0 amide bonds. The molecular formula is C13H15F3N2. The Morgan fingerprint density at radius 1 is 1.39 bits per heavy atom. The second-order valence-electron chi connectivity index (χ2n) is 3.78. The van der Waals surface area contributed by atoms with E-state index in [9.17, 15) is 13.2 Å². The highest BCUT2D eigenvalue weighted by atomic mass is 19.4. The van der Waals surface area contributed by atoms with Gasteiger partial charge in [0.1, 0.15) is 0 Å². The summed E-state index contributed by atoms with van der Waals surface area (Å²) in [6.45, 7) is 1.75. The van der Waals surface area contributed by atoms with Crippen LogP contribution in [0.5, 0.6) is 0 Å². The van der Waals surface area contributed by atoms with E-state index in [1.165, 1.54) is 6.07 Å². The lowest BCUT2D eigenvalue weighted by Gasteiger charge is -2.15. The van der Waals surface area contributed by atoms with Crippen LogP contribution in [0.15, 0.2) is 18.3 Å². The van der Waals surface area contributed by atoms with Crippen LogP contribution >= 0.6 is 0 Å². The first-order valence-electron chi connectivity index (χ1n) is 5.59. The van der Waals surface area contributed by atoms with Gasteiger partial charge in [-0.1, -0.05) is 0 Å². The van der Waals surface area contributed by atoms with Crippen LogP contribution in [0.1, 0.15) is 37.1 Å². The van der Waals surface area contributed by atoms with Crippen LogP contribution in [-0.2, 0) is 6.18 Å². The van der Waals surface area contributed by atoms with Crippen LogP contribution < -0.4 is 5.32 Å². The molecule has 1 N–H and O–H groups in total. The lowest BCUT2D eigenvalue weighted by atomic mass is 10.1. The van der Waals surface area contributed by atoms with Crippen molar-refractivity contribution in [3.63, 3.8) is 0 Å². The third kappa shape index (κ3) is 4.04. The number of alkyl halides is 3. The fraction of sp³-hybridized carbons (Fsp3) is 0.462. The average Bonchev–Trinajstić information content (AvgIpc) is 2.34. The molecular weight excluding hydrogens is 241 g/mol. The summed E-state index contributed by atoms with van der Waals surface area (Å²) in [5.74, 6) is 5.70. The quantitative estimate of drug-likeness (QED) is 0.837. The first-order valence-corrected chi connectivity index (χ1v) is 5.59. The number of rotatable bonds is 4. The largest absolute Gasteiger partial charge is 0.417 e. The van der Waals surface area contributed by atoms with Gasteiger partial charge in [0.15, 0.2) is 0 Å². The Balaban J connectivity index is 2.77. The number of hydrogen-bond donors (Lipinski definition) is 1. The van der Waals surface area contributed by atoms with Crippen molar-refractivity contribution in [2.45, 2.75) is 32.0 Å². The highest BCUT2D eigenvalue weighted by molar-refractivity contribution is 5.19. The zero-order valence-electron chi connectivity index (χ0n) is 10.3. The lowest BCUT2D eigenvalue weighted by molar-refractivity contribution is -0.137. The Morgan fingerprint density at radius 2 is 2.11 bits per heavy atom. The monoisotopic (exact) mass is 256 g/mol. The molecule has 98 valence electrons. The van der Waals surface area contributed by atoms with Gasteiger partial charge in [-0.15, -0.1) is 11.8 Å². The predicted molar refractivity (Wildman–Crippen MR) is 63.7 cm³/mol. The smallest absolute Gasteiger partial charge is 0.312 e. The van der Waals surface area contributed by atoms with Gasteiger partial charge in [-0.05, 0) is 32.5 Å². The highest BCUT2D eigenvalue weighted by Gasteiger charge is 2.30. The zero-order chi connectivity index (χ0) is 13.6. The summed E-state index contributed by atoms with van der Waals surface area (Å²) >= 11 is 0. The minimum Gasteiger partial charge on any atom is -0.312 e. The van der Waals surface area contributed by atoms with E-state index in [4.69, 9.17) is 0 Å². The maximum absolute atomic E-state index is 12.4. The number of hydrogen-bond acceptors (Lipinski definition) is 2. The van der Waals surface area contributed by atoms with Gasteiger partial charge in [0, 0.05) is 12.6 Å². The van der Waals surface area contributed by atoms with Crippen molar-refractivity contribution in [2.75, 3.05) is 7.05 Å². The van der Waals surface area contributed by atoms with E-state index < -0.39 is 11.7 Å². The van der Waals surface area contributed by atoms with Gasteiger partial charge in [-0.25, -0.2) is 0 Å². The van der Waals surface area contributed by atoms with Gasteiger partial charge in [0.05, 0.1) is 17.3 Å². The molecule has 0 aliphatic heterocycles. The number of pyridine rings is 1. The van der Waals surface area contributed by atoms with Crippen LogP contribution in [0.25, 0.3) is 0 Å². The zero-order valence-corrected chi connectivity index (χ0v) is 10.3. The summed E-state index contributed by atoms with van der Waals surface area (Å²) in [6, 6.07) is 2.38. The highest BCUT2D eigenvalue weighted by Crippen LogP contribution is 2.29. The summed E-state index contributed by atoms with van der Waals surface area (Å²) in [6.07, 6.45) is -2.07. The Morgan fingerprint density at radius 3 is 2.56 bits per heavy atom. The van der Waals surface area contributed by atoms with E-state index in [-0.39, 0.29) is 6.04 Å². The number of nitrogens with zero attached hydrogens (tertiary/aromatic N) is 1. The lowest BCUT2D eigenvalue weighted by Crippen LogP contribution is -2.18. The number of nitrogens with one attached hydrogen (secondary N) is 1. The molecule has 1 atom stereocenters. The molecule has 0 aliphatic rings. The molecule has 1 rings (SSSR count). The van der Waals surface area contributed by atoms with Crippen LogP contribution in [0, 0.1) is 11.8 Å². The second kappa shape index (κ2) is 6.41. The van der Waals surface area contributed by atoms with Gasteiger partial charge < -0.3 is 5.32 Å². The second-order valence-corrected chi connectivity index (χ2v) is 3.78. The molecule has 0 aliphatic carbocycles. The average molecular weight is 256 g/mol. The summed E-state index contributed by atoms with van der Waals surface area (Å²) in [5, 5.41) is 3.02. The molecule has 1 heterocycles. The van der Waals surface area contributed by atoms with Gasteiger partial charge >= 0.3 is 6.18 Å². The van der Waals surface area contributed by atoms with Gasteiger partial charge in [-0.3, -0.25) is 4.98 Å². The van der Waals surface area contributed by atoms with Crippen molar-refractivity contribution >= 4 is 0 Å². The van der Waals surface area contributed by atoms with E-state index in [1.807, 2.05) is 0 Å². The van der Waals surface area contributed by atoms with Crippen LogP contribution in [0.3, 0.4) is 0 Å².